The summed E-state index contributed by atoms with van der Waals surface area (Å²) >= 11 is 0. The topological polar surface area (TPSA) is 139 Å². The number of carbonyl (C=O) groups is 4. The molecule has 406 valence electrons. The number of imide groups is 1. The molecule has 3 aromatic heterocycles. The normalized spacial score (nSPS) is 24.1. The third-order valence-corrected chi connectivity index (χ3v) is 18.6. The summed E-state index contributed by atoms with van der Waals surface area (Å²) in [5.74, 6) is -1.78. The largest absolute Gasteiger partial charge is 0.384 e. The van der Waals surface area contributed by atoms with Gasteiger partial charge in [0.2, 0.25) is 17.7 Å². The van der Waals surface area contributed by atoms with Crippen LogP contribution < -0.4 is 21.1 Å². The number of benzene rings is 2. The number of amides is 3. The van der Waals surface area contributed by atoms with E-state index >= 15 is 8.78 Å². The second-order valence-corrected chi connectivity index (χ2v) is 23.7. The highest BCUT2D eigenvalue weighted by Crippen LogP contribution is 2.44. The second-order valence-electron chi connectivity index (χ2n) is 23.7. The van der Waals surface area contributed by atoms with Crippen LogP contribution in [0.25, 0.3) is 22.3 Å². The van der Waals surface area contributed by atoms with Crippen molar-refractivity contribution in [2.45, 2.75) is 142 Å². The van der Waals surface area contributed by atoms with Crippen LogP contribution in [0, 0.1) is 42.2 Å². The second kappa shape index (κ2) is 21.4. The third kappa shape index (κ3) is 10.1. The molecule has 3 amide bonds. The van der Waals surface area contributed by atoms with Crippen molar-refractivity contribution in [1.29, 1.82) is 0 Å². The highest BCUT2D eigenvalue weighted by atomic mass is 19.1. The zero-order valence-corrected chi connectivity index (χ0v) is 45.3. The van der Waals surface area contributed by atoms with Gasteiger partial charge in [0, 0.05) is 96.7 Å². The fourth-order valence-corrected chi connectivity index (χ4v) is 14.1. The molecule has 1 saturated heterocycles. The fraction of sp³-hybridized carbons (Fsp3) is 0.469. The lowest BCUT2D eigenvalue weighted by atomic mass is 9.77. The molecule has 7 aliphatic rings. The Bertz CT molecular complexity index is 3400. The van der Waals surface area contributed by atoms with Gasteiger partial charge in [-0.25, -0.2) is 13.8 Å². The maximum atomic E-state index is 16.1. The summed E-state index contributed by atoms with van der Waals surface area (Å²) < 4.78 is 35.9. The number of halogens is 2. The Hall–Kier alpha value is -6.80. The number of allylic oxidation sites excluding steroid dienone is 4. The Balaban J connectivity index is 0.631. The molecule has 4 aliphatic heterocycles. The van der Waals surface area contributed by atoms with E-state index in [2.05, 4.69) is 45.2 Å². The molecular formula is C64H71F2N7O5. The number of aryl methyl sites for hydroxylation is 2. The van der Waals surface area contributed by atoms with Crippen molar-refractivity contribution in [2.24, 2.45) is 30.7 Å². The van der Waals surface area contributed by atoms with Gasteiger partial charge in [0.05, 0.1) is 17.5 Å². The van der Waals surface area contributed by atoms with Crippen LogP contribution in [0.4, 0.5) is 20.2 Å². The van der Waals surface area contributed by atoms with Crippen LogP contribution in [0.3, 0.4) is 0 Å². The van der Waals surface area contributed by atoms with Crippen LogP contribution in [-0.2, 0) is 40.7 Å². The Kier molecular flexibility index (Phi) is 14.3. The standard InChI is InChI=1S/C64H71F2N7O5/c1-37-28-46(34-53(66)60(37)43-20-25-71(26-21-43)38(2)56-36-51-55(19-24-68-61(51)70(56)3)72-27-22-54-49(63(72)77)18-23-67-54)58(74)31-42-12-10-41(11-13-42)29-39-6-4-8-40(9-5-7-39)30-44-35-57-45(33-52(44)65)32-50(64(78)73(57)47-14-15-47)48-16-17-59(75)69-62(48)76/h6,19-20,22,24,27-28,31,33-36,38,40-41,47-48,50,67H,4-5,7-18,21,23,25-26,29-30,32H2,1-3H3,(H,69,75,76)/b39-6-,42-31?/t38-,40?,41?,48?,50?/m0/s1. The van der Waals surface area contributed by atoms with Crippen LogP contribution in [0.1, 0.15) is 153 Å². The van der Waals surface area contributed by atoms with Crippen LogP contribution >= 0.6 is 0 Å². The lowest BCUT2D eigenvalue weighted by molar-refractivity contribution is -0.141. The smallest absolute Gasteiger partial charge is 0.260 e. The minimum atomic E-state index is -0.587. The van der Waals surface area contributed by atoms with E-state index in [9.17, 15) is 24.0 Å². The summed E-state index contributed by atoms with van der Waals surface area (Å²) in [5, 5.41) is 6.63. The molecule has 3 aliphatic carbocycles. The molecule has 12 rings (SSSR count). The first kappa shape index (κ1) is 51.9. The molecule has 0 radical (unpaired) electrons. The van der Waals surface area contributed by atoms with Crippen molar-refractivity contribution in [1.82, 2.24) is 24.3 Å². The SMILES string of the molecule is Cc1cc(C(=O)C=C2CCC(C/C3=C\CCC(Cc4cc5c(cc4F)CC(C4CCC(=O)NC4=O)C(=O)N5C4CC4)CCC3)CC2)cc(F)c1C1=CCN([C@@H](C)c2cc3c(-n4ccc5c(c4=O)CCN5)ccnc3n2C)CC1. The van der Waals surface area contributed by atoms with Crippen molar-refractivity contribution in [3.05, 3.63) is 145 Å². The number of pyridine rings is 2. The number of nitrogens with zero attached hydrogens (tertiary/aromatic N) is 5. The molecule has 2 N–H and O–H groups in total. The molecule has 4 atom stereocenters. The molecule has 12 nitrogen and oxygen atoms in total. The Labute approximate surface area is 455 Å². The average molecular weight is 1060 g/mol. The molecule has 78 heavy (non-hydrogen) atoms. The number of piperidine rings is 1. The number of carbonyl (C=O) groups excluding carboxylic acids is 4. The molecule has 14 heteroatoms. The van der Waals surface area contributed by atoms with Gasteiger partial charge in [-0.1, -0.05) is 23.3 Å². The molecule has 7 heterocycles. The first-order valence-electron chi connectivity index (χ1n) is 28.8. The summed E-state index contributed by atoms with van der Waals surface area (Å²) in [5.41, 5.74) is 12.0. The molecular weight excluding hydrogens is 985 g/mol. The fourth-order valence-electron chi connectivity index (χ4n) is 14.1. The molecule has 0 spiro atoms. The van der Waals surface area contributed by atoms with Crippen molar-refractivity contribution in [2.75, 3.05) is 29.9 Å². The Morgan fingerprint density at radius 3 is 2.44 bits per heavy atom. The summed E-state index contributed by atoms with van der Waals surface area (Å²) in [6, 6.07) is 12.9. The van der Waals surface area contributed by atoms with Crippen LogP contribution in [-0.4, -0.2) is 68.2 Å². The van der Waals surface area contributed by atoms with E-state index < -0.39 is 17.7 Å². The van der Waals surface area contributed by atoms with E-state index in [-0.39, 0.29) is 53.3 Å². The van der Waals surface area contributed by atoms with Gasteiger partial charge in [-0.15, -0.1) is 0 Å². The Morgan fingerprint density at radius 1 is 0.846 bits per heavy atom. The lowest BCUT2D eigenvalue weighted by Crippen LogP contribution is -2.51. The molecule has 2 saturated carbocycles. The quantitative estimate of drug-likeness (QED) is 0.0545. The van der Waals surface area contributed by atoms with Gasteiger partial charge in [0.15, 0.2) is 5.78 Å². The summed E-state index contributed by atoms with van der Waals surface area (Å²) in [7, 11) is 2.02. The zero-order valence-electron chi connectivity index (χ0n) is 45.3. The van der Waals surface area contributed by atoms with Gasteiger partial charge >= 0.3 is 0 Å². The maximum absolute atomic E-state index is 16.1. The van der Waals surface area contributed by atoms with Gasteiger partial charge in [-0.2, -0.15) is 0 Å². The average Bonchev–Trinajstić information content (AvgIpc) is 4.14. The van der Waals surface area contributed by atoms with Crippen molar-refractivity contribution in [3.8, 4) is 5.69 Å². The van der Waals surface area contributed by atoms with Crippen molar-refractivity contribution in [3.63, 3.8) is 0 Å². The van der Waals surface area contributed by atoms with Gasteiger partial charge in [0.1, 0.15) is 17.3 Å². The van der Waals surface area contributed by atoms with Crippen molar-refractivity contribution >= 4 is 51.5 Å². The third-order valence-electron chi connectivity index (χ3n) is 18.6. The van der Waals surface area contributed by atoms with Crippen LogP contribution in [0.15, 0.2) is 89.0 Å². The molecule has 3 fully saturated rings. The summed E-state index contributed by atoms with van der Waals surface area (Å²) in [4.78, 5) is 74.7. The number of hydrogen-bond donors (Lipinski definition) is 2. The molecule has 3 unspecified atom stereocenters. The van der Waals surface area contributed by atoms with Crippen LogP contribution in [0.2, 0.25) is 0 Å². The molecule has 0 bridgehead atoms. The van der Waals surface area contributed by atoms with Crippen LogP contribution in [0.5, 0.6) is 0 Å². The number of nitrogens with one attached hydrogen (secondary N) is 2. The minimum Gasteiger partial charge on any atom is -0.384 e. The van der Waals surface area contributed by atoms with E-state index in [0.717, 1.165) is 152 Å². The molecule has 2 aromatic carbocycles. The number of aromatic nitrogens is 3. The van der Waals surface area contributed by atoms with E-state index in [1.165, 1.54) is 11.6 Å². The minimum absolute atomic E-state index is 0.00424. The first-order valence-corrected chi connectivity index (χ1v) is 28.8. The highest BCUT2D eigenvalue weighted by Gasteiger charge is 2.47. The predicted octanol–water partition coefficient (Wildman–Crippen LogP) is 11.3. The van der Waals surface area contributed by atoms with Gasteiger partial charge in [0.25, 0.3) is 5.56 Å². The van der Waals surface area contributed by atoms with Gasteiger partial charge < -0.3 is 14.8 Å². The van der Waals surface area contributed by atoms with E-state index in [1.807, 2.05) is 49.3 Å². The predicted molar refractivity (Wildman–Crippen MR) is 300 cm³/mol. The van der Waals surface area contributed by atoms with Crippen molar-refractivity contribution < 1.29 is 28.0 Å². The lowest BCUT2D eigenvalue weighted by Gasteiger charge is -2.38. The number of anilines is 2. The summed E-state index contributed by atoms with van der Waals surface area (Å²) in [6.45, 7) is 6.23. The first-order chi connectivity index (χ1) is 37.8. The van der Waals surface area contributed by atoms with E-state index in [0.29, 0.717) is 67.2 Å². The Morgan fingerprint density at radius 2 is 1.67 bits per heavy atom. The monoisotopic (exact) mass is 1060 g/mol. The maximum Gasteiger partial charge on any atom is 0.260 e. The number of rotatable bonds is 12. The highest BCUT2D eigenvalue weighted by molar-refractivity contribution is 6.06. The number of hydrogen-bond acceptors (Lipinski definition) is 8. The van der Waals surface area contributed by atoms with Gasteiger partial charge in [-0.05, 0) is 206 Å². The molecule has 5 aromatic rings. The van der Waals surface area contributed by atoms with Gasteiger partial charge in [-0.3, -0.25) is 38.8 Å². The summed E-state index contributed by atoms with van der Waals surface area (Å²) in [6.07, 6.45) is 24.4. The van der Waals surface area contributed by atoms with E-state index in [1.54, 1.807) is 22.9 Å². The zero-order chi connectivity index (χ0) is 53.9. The number of fused-ring (bicyclic) bond motifs is 3. The number of ketones is 1. The van der Waals surface area contributed by atoms with E-state index in [4.69, 9.17) is 4.98 Å².